The number of rotatable bonds is 5. The van der Waals surface area contributed by atoms with Crippen LogP contribution in [-0.2, 0) is 9.05 Å². The van der Waals surface area contributed by atoms with Gasteiger partial charge in [-0.1, -0.05) is 20.3 Å². The van der Waals surface area contributed by atoms with Gasteiger partial charge in [-0.05, 0) is 30.5 Å². The van der Waals surface area contributed by atoms with Crippen molar-refractivity contribution < 1.29 is 17.6 Å². The van der Waals surface area contributed by atoms with Gasteiger partial charge in [0.2, 0.25) is 0 Å². The van der Waals surface area contributed by atoms with E-state index in [1.807, 2.05) is 13.8 Å². The average molecular weight is 336 g/mol. The Balaban J connectivity index is 3.20. The molecule has 0 aliphatic rings. The van der Waals surface area contributed by atoms with Crippen molar-refractivity contribution in [2.24, 2.45) is 5.92 Å². The Morgan fingerprint density at radius 1 is 1.43 bits per heavy atom. The van der Waals surface area contributed by atoms with E-state index < -0.39 is 19.8 Å². The quantitative estimate of drug-likeness (QED) is 0.776. The summed E-state index contributed by atoms with van der Waals surface area (Å²) >= 11 is 0. The van der Waals surface area contributed by atoms with Crippen molar-refractivity contribution in [1.82, 2.24) is 4.90 Å². The van der Waals surface area contributed by atoms with Crippen LogP contribution in [0.2, 0.25) is 0 Å². The van der Waals surface area contributed by atoms with Gasteiger partial charge in [-0.25, -0.2) is 12.8 Å². The van der Waals surface area contributed by atoms with Crippen LogP contribution in [0, 0.1) is 18.7 Å². The van der Waals surface area contributed by atoms with Gasteiger partial charge in [0.25, 0.3) is 15.0 Å². The molecule has 0 fully saturated rings. The van der Waals surface area contributed by atoms with Crippen molar-refractivity contribution in [3.05, 3.63) is 29.1 Å². The summed E-state index contributed by atoms with van der Waals surface area (Å²) < 4.78 is 36.6. The molecule has 0 saturated heterocycles. The average Bonchev–Trinajstić information content (AvgIpc) is 2.39. The molecule has 0 radical (unpaired) electrons. The summed E-state index contributed by atoms with van der Waals surface area (Å²) in [6.07, 6.45) is 0.918. The van der Waals surface area contributed by atoms with Gasteiger partial charge in [0.05, 0.1) is 0 Å². The highest BCUT2D eigenvalue weighted by Gasteiger charge is 2.22. The molecule has 0 aromatic heterocycles. The van der Waals surface area contributed by atoms with Crippen molar-refractivity contribution in [3.63, 3.8) is 0 Å². The number of hydrogen-bond acceptors (Lipinski definition) is 3. The van der Waals surface area contributed by atoms with Crippen molar-refractivity contribution in [2.75, 3.05) is 13.6 Å². The van der Waals surface area contributed by atoms with E-state index in [4.69, 9.17) is 10.7 Å². The molecule has 4 nitrogen and oxygen atoms in total. The fourth-order valence-electron chi connectivity index (χ4n) is 1.94. The summed E-state index contributed by atoms with van der Waals surface area (Å²) in [6.45, 7) is 5.96. The van der Waals surface area contributed by atoms with Crippen molar-refractivity contribution in [3.8, 4) is 0 Å². The Morgan fingerprint density at radius 2 is 2.00 bits per heavy atom. The van der Waals surface area contributed by atoms with E-state index in [9.17, 15) is 17.6 Å². The summed E-state index contributed by atoms with van der Waals surface area (Å²) in [5.41, 5.74) is 0.177. The molecule has 1 aromatic rings. The third kappa shape index (κ3) is 4.41. The normalized spacial score (nSPS) is 13.0. The number of benzene rings is 1. The Morgan fingerprint density at radius 3 is 2.48 bits per heavy atom. The second-order valence-corrected chi connectivity index (χ2v) is 7.78. The topological polar surface area (TPSA) is 54.5 Å². The predicted molar refractivity (Wildman–Crippen MR) is 80.6 cm³/mol. The number of carbonyl (C=O) groups excluding carboxylic acids is 1. The van der Waals surface area contributed by atoms with E-state index in [0.717, 1.165) is 12.5 Å². The van der Waals surface area contributed by atoms with Gasteiger partial charge in [-0.2, -0.15) is 0 Å². The van der Waals surface area contributed by atoms with Crippen molar-refractivity contribution in [1.29, 1.82) is 0 Å². The van der Waals surface area contributed by atoms with Gasteiger partial charge in [0, 0.05) is 29.8 Å². The van der Waals surface area contributed by atoms with Crippen LogP contribution >= 0.6 is 10.7 Å². The molecule has 0 aliphatic heterocycles. The number of nitrogens with zero attached hydrogens (tertiary/aromatic N) is 1. The first kappa shape index (κ1) is 17.9. The monoisotopic (exact) mass is 335 g/mol. The van der Waals surface area contributed by atoms with E-state index in [-0.39, 0.29) is 17.0 Å². The van der Waals surface area contributed by atoms with Crippen LogP contribution < -0.4 is 0 Å². The zero-order valence-corrected chi connectivity index (χ0v) is 14.1. The lowest BCUT2D eigenvalue weighted by Crippen LogP contribution is -2.31. The number of carbonyl (C=O) groups is 1. The fraction of sp³-hybridized carbons (Fsp3) is 0.500. The number of hydrogen-bond donors (Lipinski definition) is 0. The van der Waals surface area contributed by atoms with Crippen LogP contribution in [0.25, 0.3) is 0 Å². The third-order valence-electron chi connectivity index (χ3n) is 3.36. The minimum atomic E-state index is -4.24. The molecular formula is C14H19ClFNO3S. The summed E-state index contributed by atoms with van der Waals surface area (Å²) in [4.78, 5) is 13.1. The van der Waals surface area contributed by atoms with Gasteiger partial charge < -0.3 is 4.90 Å². The van der Waals surface area contributed by atoms with E-state index in [2.05, 4.69) is 0 Å². The molecule has 1 amide bonds. The molecular weight excluding hydrogens is 317 g/mol. The Labute approximate surface area is 129 Å². The first-order valence-corrected chi connectivity index (χ1v) is 8.89. The van der Waals surface area contributed by atoms with Gasteiger partial charge in [-0.3, -0.25) is 4.79 Å². The van der Waals surface area contributed by atoms with Crippen LogP contribution in [0.15, 0.2) is 17.0 Å². The lowest BCUT2D eigenvalue weighted by Gasteiger charge is -2.21. The molecule has 1 unspecified atom stereocenters. The third-order valence-corrected chi connectivity index (χ3v) is 4.68. The zero-order chi connectivity index (χ0) is 16.4. The molecule has 7 heteroatoms. The first-order valence-electron chi connectivity index (χ1n) is 6.58. The van der Waals surface area contributed by atoms with E-state index >= 15 is 0 Å². The van der Waals surface area contributed by atoms with Gasteiger partial charge in [-0.15, -0.1) is 0 Å². The molecule has 21 heavy (non-hydrogen) atoms. The molecule has 0 bridgehead atoms. The Kier molecular flexibility index (Phi) is 5.75. The van der Waals surface area contributed by atoms with Crippen molar-refractivity contribution in [2.45, 2.75) is 32.1 Å². The highest BCUT2D eigenvalue weighted by Crippen LogP contribution is 2.24. The molecule has 1 atom stereocenters. The number of halogens is 2. The van der Waals surface area contributed by atoms with Gasteiger partial charge in [0.15, 0.2) is 0 Å². The molecule has 1 aromatic carbocycles. The smallest absolute Gasteiger partial charge is 0.264 e. The summed E-state index contributed by atoms with van der Waals surface area (Å²) in [6, 6.07) is 2.32. The van der Waals surface area contributed by atoms with E-state index in [0.29, 0.717) is 12.5 Å². The second kappa shape index (κ2) is 6.75. The molecule has 0 spiro atoms. The predicted octanol–water partition coefficient (Wildman–Crippen LogP) is 3.18. The van der Waals surface area contributed by atoms with Gasteiger partial charge >= 0.3 is 0 Å². The standard InChI is InChI=1S/C14H19ClFNO3S/c1-5-9(2)8-17(4)14(18)11-6-10(3)13(16)12(7-11)21(15,19)20/h6-7,9H,5,8H2,1-4H3. The molecule has 0 heterocycles. The molecule has 0 aliphatic carbocycles. The maximum atomic E-state index is 13.8. The molecule has 1 rings (SSSR count). The zero-order valence-electron chi connectivity index (χ0n) is 12.5. The minimum Gasteiger partial charge on any atom is -0.341 e. The largest absolute Gasteiger partial charge is 0.341 e. The van der Waals surface area contributed by atoms with Crippen LogP contribution in [0.3, 0.4) is 0 Å². The lowest BCUT2D eigenvalue weighted by atomic mass is 10.1. The van der Waals surface area contributed by atoms with Crippen LogP contribution in [-0.4, -0.2) is 32.8 Å². The summed E-state index contributed by atoms with van der Waals surface area (Å²) in [5, 5.41) is 0. The van der Waals surface area contributed by atoms with E-state index in [1.165, 1.54) is 17.9 Å². The maximum absolute atomic E-state index is 13.8. The highest BCUT2D eigenvalue weighted by atomic mass is 35.7. The summed E-state index contributed by atoms with van der Waals surface area (Å²) in [5.74, 6) is -0.970. The lowest BCUT2D eigenvalue weighted by molar-refractivity contribution is 0.0774. The van der Waals surface area contributed by atoms with Gasteiger partial charge in [0.1, 0.15) is 10.7 Å². The number of amides is 1. The number of aryl methyl sites for hydroxylation is 1. The fourth-order valence-corrected chi connectivity index (χ4v) is 2.92. The molecule has 118 valence electrons. The minimum absolute atomic E-state index is 0.0667. The molecule has 0 N–H and O–H groups in total. The van der Waals surface area contributed by atoms with E-state index in [1.54, 1.807) is 7.05 Å². The summed E-state index contributed by atoms with van der Waals surface area (Å²) in [7, 11) is 2.59. The first-order chi connectivity index (χ1) is 9.57. The van der Waals surface area contributed by atoms with Crippen LogP contribution in [0.5, 0.6) is 0 Å². The SMILES string of the molecule is CCC(C)CN(C)C(=O)c1cc(C)c(F)c(S(=O)(=O)Cl)c1. The van der Waals surface area contributed by atoms with Crippen LogP contribution in [0.1, 0.15) is 36.2 Å². The molecule has 0 saturated carbocycles. The van der Waals surface area contributed by atoms with Crippen molar-refractivity contribution >= 4 is 25.6 Å². The van der Waals surface area contributed by atoms with Crippen LogP contribution in [0.4, 0.5) is 4.39 Å². The Hall–Kier alpha value is -1.14. The Bertz CT molecular complexity index is 646. The second-order valence-electron chi connectivity index (χ2n) is 5.24. The highest BCUT2D eigenvalue weighted by molar-refractivity contribution is 8.13. The maximum Gasteiger partial charge on any atom is 0.264 e.